The molecule has 138 valence electrons. The number of nitrogens with one attached hydrogen (secondary N) is 2. The second kappa shape index (κ2) is 9.55. The Morgan fingerprint density at radius 3 is 2.38 bits per heavy atom. The third-order valence-corrected chi connectivity index (χ3v) is 4.72. The van der Waals surface area contributed by atoms with Crippen molar-refractivity contribution in [3.05, 3.63) is 11.6 Å². The van der Waals surface area contributed by atoms with Crippen molar-refractivity contribution in [3.8, 4) is 0 Å². The number of halogens is 1. The number of aliphatic imine (C=N–C) groups is 1. The second-order valence-electron chi connectivity index (χ2n) is 6.86. The molecule has 1 saturated heterocycles. The van der Waals surface area contributed by atoms with Gasteiger partial charge in [0.1, 0.15) is 5.82 Å². The fourth-order valence-electron chi connectivity index (χ4n) is 2.90. The molecule has 8 heteroatoms. The van der Waals surface area contributed by atoms with E-state index in [1.807, 2.05) is 18.5 Å². The molecule has 1 aliphatic rings. The maximum absolute atomic E-state index is 4.31. The molecule has 1 fully saturated rings. The minimum absolute atomic E-state index is 0. The van der Waals surface area contributed by atoms with E-state index in [1.54, 1.807) is 7.05 Å². The summed E-state index contributed by atoms with van der Waals surface area (Å²) in [6.07, 6.45) is 3.98. The predicted molar refractivity (Wildman–Crippen MR) is 109 cm³/mol. The summed E-state index contributed by atoms with van der Waals surface area (Å²) in [5.74, 6) is 2.62. The molecule has 0 bridgehead atoms. The Balaban J connectivity index is 0.00000288. The van der Waals surface area contributed by atoms with Gasteiger partial charge in [-0.25, -0.2) is 0 Å². The molecule has 1 aromatic heterocycles. The van der Waals surface area contributed by atoms with Crippen LogP contribution in [0, 0.1) is 6.92 Å². The van der Waals surface area contributed by atoms with Gasteiger partial charge in [-0.05, 0) is 46.7 Å². The van der Waals surface area contributed by atoms with Crippen LogP contribution in [-0.4, -0.2) is 57.8 Å². The van der Waals surface area contributed by atoms with Crippen LogP contribution in [0.1, 0.15) is 44.8 Å². The number of piperidine rings is 1. The quantitative estimate of drug-likeness (QED) is 0.407. The first-order valence-corrected chi connectivity index (χ1v) is 8.48. The largest absolute Gasteiger partial charge is 0.355 e. The Morgan fingerprint density at radius 2 is 1.83 bits per heavy atom. The van der Waals surface area contributed by atoms with Gasteiger partial charge < -0.3 is 15.2 Å². The molecular weight excluding hydrogens is 417 g/mol. The lowest BCUT2D eigenvalue weighted by atomic mass is 9.98. The maximum atomic E-state index is 4.31. The highest BCUT2D eigenvalue weighted by atomic mass is 127. The molecule has 2 rings (SSSR count). The van der Waals surface area contributed by atoms with Crippen molar-refractivity contribution in [1.82, 2.24) is 30.3 Å². The Kier molecular flexibility index (Phi) is 8.41. The van der Waals surface area contributed by atoms with Crippen LogP contribution < -0.4 is 10.6 Å². The Bertz CT molecular complexity index is 533. The monoisotopic (exact) mass is 449 g/mol. The van der Waals surface area contributed by atoms with E-state index in [4.69, 9.17) is 0 Å². The van der Waals surface area contributed by atoms with Gasteiger partial charge in [-0.3, -0.25) is 9.89 Å². The van der Waals surface area contributed by atoms with Crippen LogP contribution in [0.5, 0.6) is 0 Å². The summed E-state index contributed by atoms with van der Waals surface area (Å²) < 4.78 is 1.98. The van der Waals surface area contributed by atoms with Gasteiger partial charge in [-0.1, -0.05) is 6.42 Å². The van der Waals surface area contributed by atoms with Crippen molar-refractivity contribution >= 4 is 29.9 Å². The van der Waals surface area contributed by atoms with E-state index < -0.39 is 0 Å². The third-order valence-electron chi connectivity index (χ3n) is 4.72. The number of hydrogen-bond donors (Lipinski definition) is 2. The van der Waals surface area contributed by atoms with Gasteiger partial charge in [0.15, 0.2) is 11.8 Å². The minimum Gasteiger partial charge on any atom is -0.355 e. The molecule has 1 aliphatic heterocycles. The number of hydrogen-bond acceptors (Lipinski definition) is 4. The molecule has 0 spiro atoms. The van der Waals surface area contributed by atoms with E-state index in [1.165, 1.54) is 32.4 Å². The number of aryl methyl sites for hydroxylation is 1. The molecule has 2 heterocycles. The van der Waals surface area contributed by atoms with Gasteiger partial charge in [0.05, 0.1) is 6.54 Å². The number of guanidine groups is 1. The van der Waals surface area contributed by atoms with Crippen molar-refractivity contribution in [3.63, 3.8) is 0 Å². The van der Waals surface area contributed by atoms with E-state index in [0.717, 1.165) is 24.2 Å². The number of aromatic nitrogens is 3. The summed E-state index contributed by atoms with van der Waals surface area (Å²) in [4.78, 5) is 6.88. The molecule has 0 saturated carbocycles. The van der Waals surface area contributed by atoms with Crippen LogP contribution in [0.25, 0.3) is 0 Å². The molecule has 0 aliphatic carbocycles. The highest BCUT2D eigenvalue weighted by Gasteiger charge is 2.27. The van der Waals surface area contributed by atoms with Crippen LogP contribution in [-0.2, 0) is 13.6 Å². The molecule has 7 nitrogen and oxygen atoms in total. The van der Waals surface area contributed by atoms with E-state index >= 15 is 0 Å². The minimum atomic E-state index is 0. The lowest BCUT2D eigenvalue weighted by Crippen LogP contribution is -2.54. The van der Waals surface area contributed by atoms with Crippen LogP contribution in [0.3, 0.4) is 0 Å². The van der Waals surface area contributed by atoms with Crippen molar-refractivity contribution in [2.75, 3.05) is 26.7 Å². The van der Waals surface area contributed by atoms with Gasteiger partial charge in [0.2, 0.25) is 0 Å². The van der Waals surface area contributed by atoms with Crippen molar-refractivity contribution in [2.24, 2.45) is 12.0 Å². The summed E-state index contributed by atoms with van der Waals surface area (Å²) in [5, 5.41) is 15.0. The van der Waals surface area contributed by atoms with Crippen LogP contribution in [0.4, 0.5) is 0 Å². The van der Waals surface area contributed by atoms with Gasteiger partial charge in [0.25, 0.3) is 0 Å². The number of likely N-dealkylation sites (tertiary alicyclic amines) is 1. The first-order valence-electron chi connectivity index (χ1n) is 8.48. The van der Waals surface area contributed by atoms with E-state index in [9.17, 15) is 0 Å². The van der Waals surface area contributed by atoms with Crippen LogP contribution >= 0.6 is 24.0 Å². The zero-order chi connectivity index (χ0) is 16.9. The third kappa shape index (κ3) is 5.58. The predicted octanol–water partition coefficient (Wildman–Crippen LogP) is 1.67. The molecule has 0 radical (unpaired) electrons. The fraction of sp³-hybridized carbons (Fsp3) is 0.812. The standard InChI is InChI=1S/C16H31N7.HI/c1-13-20-21-14(22(13)5)11-18-15(17-4)19-12-16(2,3)23-9-7-6-8-10-23;/h6-12H2,1-5H3,(H2,17,18,19);1H. The SMILES string of the molecule is CN=C(NCc1nnc(C)n1C)NCC(C)(C)N1CCCCC1.I. The fourth-order valence-corrected chi connectivity index (χ4v) is 2.90. The van der Waals surface area contributed by atoms with Gasteiger partial charge in [0, 0.05) is 26.2 Å². The summed E-state index contributed by atoms with van der Waals surface area (Å²) >= 11 is 0. The van der Waals surface area contributed by atoms with Crippen LogP contribution in [0.15, 0.2) is 4.99 Å². The lowest BCUT2D eigenvalue weighted by Gasteiger charge is -2.41. The van der Waals surface area contributed by atoms with E-state index in [0.29, 0.717) is 6.54 Å². The molecule has 0 unspecified atom stereocenters. The average Bonchev–Trinajstić information content (AvgIpc) is 2.88. The van der Waals surface area contributed by atoms with Crippen molar-refractivity contribution < 1.29 is 0 Å². The van der Waals surface area contributed by atoms with E-state index in [2.05, 4.69) is 44.6 Å². The number of rotatable bonds is 5. The highest BCUT2D eigenvalue weighted by Crippen LogP contribution is 2.19. The molecule has 0 amide bonds. The smallest absolute Gasteiger partial charge is 0.191 e. The number of nitrogens with zero attached hydrogens (tertiary/aromatic N) is 5. The Hall–Kier alpha value is -0.900. The highest BCUT2D eigenvalue weighted by molar-refractivity contribution is 14.0. The van der Waals surface area contributed by atoms with Gasteiger partial charge in [-0.15, -0.1) is 34.2 Å². The van der Waals surface area contributed by atoms with Crippen molar-refractivity contribution in [2.45, 2.75) is 52.1 Å². The Morgan fingerprint density at radius 1 is 1.17 bits per heavy atom. The lowest BCUT2D eigenvalue weighted by molar-refractivity contribution is 0.0982. The van der Waals surface area contributed by atoms with Crippen molar-refractivity contribution in [1.29, 1.82) is 0 Å². The van der Waals surface area contributed by atoms with Crippen LogP contribution in [0.2, 0.25) is 0 Å². The second-order valence-corrected chi connectivity index (χ2v) is 6.86. The summed E-state index contributed by atoms with van der Waals surface area (Å²) in [6.45, 7) is 10.4. The first kappa shape index (κ1) is 21.1. The van der Waals surface area contributed by atoms with Gasteiger partial charge in [-0.2, -0.15) is 0 Å². The first-order chi connectivity index (χ1) is 10.9. The average molecular weight is 449 g/mol. The molecule has 24 heavy (non-hydrogen) atoms. The summed E-state index contributed by atoms with van der Waals surface area (Å²) in [6, 6.07) is 0. The molecule has 1 aromatic rings. The molecular formula is C16H32IN7. The Labute approximate surface area is 162 Å². The maximum Gasteiger partial charge on any atom is 0.191 e. The summed E-state index contributed by atoms with van der Waals surface area (Å²) in [5.41, 5.74) is 0.124. The van der Waals surface area contributed by atoms with Gasteiger partial charge >= 0.3 is 0 Å². The summed E-state index contributed by atoms with van der Waals surface area (Å²) in [7, 11) is 3.77. The zero-order valence-electron chi connectivity index (χ0n) is 15.6. The zero-order valence-corrected chi connectivity index (χ0v) is 17.9. The topological polar surface area (TPSA) is 70.4 Å². The normalized spacial score (nSPS) is 16.6. The molecule has 0 aromatic carbocycles. The molecule has 0 atom stereocenters. The van der Waals surface area contributed by atoms with E-state index in [-0.39, 0.29) is 29.5 Å². The molecule has 2 N–H and O–H groups in total.